The minimum Gasteiger partial charge on any atom is -0.439 e. The molecule has 5 heteroatoms. The summed E-state index contributed by atoms with van der Waals surface area (Å²) in [5, 5.41) is 9.35. The van der Waals surface area contributed by atoms with Crippen molar-refractivity contribution in [3.63, 3.8) is 0 Å². The van der Waals surface area contributed by atoms with Crippen LogP contribution in [0.3, 0.4) is 0 Å². The van der Waals surface area contributed by atoms with E-state index in [4.69, 9.17) is 10.5 Å². The van der Waals surface area contributed by atoms with Crippen molar-refractivity contribution >= 4 is 15.9 Å². The van der Waals surface area contributed by atoms with E-state index in [1.54, 1.807) is 12.3 Å². The van der Waals surface area contributed by atoms with Gasteiger partial charge in [-0.3, -0.25) is 0 Å². The fourth-order valence-corrected chi connectivity index (χ4v) is 2.80. The maximum absolute atomic E-state index is 9.35. The topological polar surface area (TPSA) is 74.8 Å². The minimum atomic E-state index is -0.237. The number of hydrogen-bond donors (Lipinski definition) is 2. The highest BCUT2D eigenvalue weighted by Crippen LogP contribution is 2.43. The van der Waals surface area contributed by atoms with Gasteiger partial charge in [0.15, 0.2) is 5.75 Å². The first-order valence-corrected chi connectivity index (χ1v) is 6.51. The Labute approximate surface area is 118 Å². The third-order valence-corrected chi connectivity index (χ3v) is 3.86. The molecular weight excluding hydrogens is 306 g/mol. The van der Waals surface area contributed by atoms with E-state index >= 15 is 0 Å². The normalized spacial score (nSPS) is 17.6. The molecule has 1 aliphatic heterocycles. The lowest BCUT2D eigenvalue weighted by Crippen LogP contribution is -2.20. The Kier molecular flexibility index (Phi) is 2.80. The molecule has 3 N–H and O–H groups in total. The Morgan fingerprint density at radius 2 is 2.11 bits per heavy atom. The van der Waals surface area contributed by atoms with Gasteiger partial charge in [0, 0.05) is 10.7 Å². The maximum atomic E-state index is 9.35. The number of allylic oxidation sites excluding steroid dienone is 1. The summed E-state index contributed by atoms with van der Waals surface area (Å²) in [5.41, 5.74) is 8.09. The molecule has 1 atom stereocenters. The number of rotatable bonds is 1. The van der Waals surface area contributed by atoms with Gasteiger partial charge in [0.05, 0.1) is 11.6 Å². The molecule has 94 valence electrons. The van der Waals surface area contributed by atoms with E-state index in [0.717, 1.165) is 15.7 Å². The molecule has 1 unspecified atom stereocenters. The molecule has 1 aromatic carbocycles. The van der Waals surface area contributed by atoms with Crippen LogP contribution >= 0.6 is 15.9 Å². The average Bonchev–Trinajstić information content (AvgIpc) is 2.85. The molecule has 2 aromatic rings. The smallest absolute Gasteiger partial charge is 0.205 e. The molecule has 0 aliphatic carbocycles. The van der Waals surface area contributed by atoms with Crippen LogP contribution in [-0.2, 0) is 0 Å². The number of aromatic nitrogens is 1. The first kappa shape index (κ1) is 11.9. The molecule has 2 heterocycles. The number of fused-ring (bicyclic) bond motifs is 1. The van der Waals surface area contributed by atoms with Gasteiger partial charge in [-0.2, -0.15) is 5.26 Å². The van der Waals surface area contributed by atoms with E-state index in [2.05, 4.69) is 27.0 Å². The molecule has 0 saturated carbocycles. The Balaban J connectivity index is 2.24. The van der Waals surface area contributed by atoms with Gasteiger partial charge in [-0.1, -0.05) is 34.1 Å². The molecule has 0 bridgehead atoms. The molecule has 0 fully saturated rings. The highest BCUT2D eigenvalue weighted by molar-refractivity contribution is 9.10. The van der Waals surface area contributed by atoms with Crippen molar-refractivity contribution in [1.82, 2.24) is 4.98 Å². The van der Waals surface area contributed by atoms with Gasteiger partial charge in [-0.05, 0) is 17.7 Å². The van der Waals surface area contributed by atoms with Gasteiger partial charge in [-0.25, -0.2) is 0 Å². The van der Waals surface area contributed by atoms with E-state index in [1.807, 2.05) is 24.3 Å². The number of benzene rings is 1. The van der Waals surface area contributed by atoms with Crippen LogP contribution in [0.4, 0.5) is 0 Å². The van der Waals surface area contributed by atoms with Crippen molar-refractivity contribution in [2.24, 2.45) is 5.73 Å². The molecule has 19 heavy (non-hydrogen) atoms. The third kappa shape index (κ3) is 1.81. The highest BCUT2D eigenvalue weighted by Gasteiger charge is 2.32. The molecule has 0 amide bonds. The summed E-state index contributed by atoms with van der Waals surface area (Å²) in [5.74, 6) is 0.590. The summed E-state index contributed by atoms with van der Waals surface area (Å²) in [4.78, 5) is 3.13. The zero-order chi connectivity index (χ0) is 13.4. The fraction of sp³-hybridized carbons (Fsp3) is 0.0714. The van der Waals surface area contributed by atoms with Gasteiger partial charge in [-0.15, -0.1) is 0 Å². The standard InChI is InChI=1S/C14H10BrN3O/c15-10-4-2-1-3-8(10)12-9(7-16)14(17)19-11-5-6-18-13(11)12/h1-6,12,18H,17H2. The van der Waals surface area contributed by atoms with Gasteiger partial charge in [0.1, 0.15) is 11.6 Å². The predicted octanol–water partition coefficient (Wildman–Crippen LogP) is 3.00. The second-order valence-corrected chi connectivity index (χ2v) is 5.06. The van der Waals surface area contributed by atoms with E-state index in [9.17, 15) is 5.26 Å². The van der Waals surface area contributed by atoms with Crippen molar-refractivity contribution in [3.8, 4) is 11.8 Å². The van der Waals surface area contributed by atoms with Gasteiger partial charge in [0.2, 0.25) is 5.88 Å². The van der Waals surface area contributed by atoms with Crippen LogP contribution in [-0.4, -0.2) is 4.98 Å². The van der Waals surface area contributed by atoms with Crippen LogP contribution < -0.4 is 10.5 Å². The summed E-state index contributed by atoms with van der Waals surface area (Å²) in [6.07, 6.45) is 1.78. The van der Waals surface area contributed by atoms with E-state index in [0.29, 0.717) is 11.3 Å². The predicted molar refractivity (Wildman–Crippen MR) is 74.2 cm³/mol. The minimum absolute atomic E-state index is 0.162. The summed E-state index contributed by atoms with van der Waals surface area (Å²) >= 11 is 3.52. The molecular formula is C14H10BrN3O. The van der Waals surface area contributed by atoms with Crippen LogP contribution in [0.1, 0.15) is 17.2 Å². The van der Waals surface area contributed by atoms with Crippen molar-refractivity contribution in [2.45, 2.75) is 5.92 Å². The first-order chi connectivity index (χ1) is 9.22. The summed E-state index contributed by atoms with van der Waals surface area (Å²) < 4.78 is 6.39. The number of aromatic amines is 1. The monoisotopic (exact) mass is 315 g/mol. The van der Waals surface area contributed by atoms with Crippen LogP contribution in [0.15, 0.2) is 52.5 Å². The third-order valence-electron chi connectivity index (χ3n) is 3.14. The Morgan fingerprint density at radius 3 is 2.84 bits per heavy atom. The number of nitrogens with two attached hydrogens (primary N) is 1. The number of ether oxygens (including phenoxy) is 1. The molecule has 0 saturated heterocycles. The first-order valence-electron chi connectivity index (χ1n) is 5.71. The zero-order valence-corrected chi connectivity index (χ0v) is 11.4. The summed E-state index contributed by atoms with van der Waals surface area (Å²) in [6.45, 7) is 0. The van der Waals surface area contributed by atoms with Gasteiger partial charge < -0.3 is 15.5 Å². The number of nitriles is 1. The molecule has 4 nitrogen and oxygen atoms in total. The van der Waals surface area contributed by atoms with Crippen molar-refractivity contribution in [3.05, 3.63) is 63.7 Å². The quantitative estimate of drug-likeness (QED) is 0.849. The van der Waals surface area contributed by atoms with Crippen LogP contribution in [0, 0.1) is 11.3 Å². The second kappa shape index (κ2) is 4.48. The lowest BCUT2D eigenvalue weighted by atomic mass is 9.87. The SMILES string of the molecule is N#CC1=C(N)Oc2cc[nH]c2C1c1ccccc1Br. The van der Waals surface area contributed by atoms with E-state index < -0.39 is 0 Å². The number of H-pyrrole nitrogens is 1. The van der Waals surface area contributed by atoms with Crippen molar-refractivity contribution < 1.29 is 4.74 Å². The average molecular weight is 316 g/mol. The highest BCUT2D eigenvalue weighted by atomic mass is 79.9. The molecule has 0 radical (unpaired) electrons. The lowest BCUT2D eigenvalue weighted by Gasteiger charge is -2.24. The van der Waals surface area contributed by atoms with Crippen molar-refractivity contribution in [2.75, 3.05) is 0 Å². The molecule has 3 rings (SSSR count). The summed E-state index contributed by atoms with van der Waals surface area (Å²) in [6, 6.07) is 11.7. The van der Waals surface area contributed by atoms with Crippen LogP contribution in [0.2, 0.25) is 0 Å². The maximum Gasteiger partial charge on any atom is 0.205 e. The number of nitrogens with zero attached hydrogens (tertiary/aromatic N) is 1. The zero-order valence-electron chi connectivity index (χ0n) is 9.85. The Bertz CT molecular complexity index is 711. The number of halogens is 1. The number of hydrogen-bond acceptors (Lipinski definition) is 3. The van der Waals surface area contributed by atoms with Gasteiger partial charge in [0.25, 0.3) is 0 Å². The molecule has 0 spiro atoms. The fourth-order valence-electron chi connectivity index (χ4n) is 2.28. The van der Waals surface area contributed by atoms with E-state index in [1.165, 1.54) is 0 Å². The molecule has 1 aliphatic rings. The van der Waals surface area contributed by atoms with Crippen LogP contribution in [0.25, 0.3) is 0 Å². The van der Waals surface area contributed by atoms with Crippen LogP contribution in [0.5, 0.6) is 5.75 Å². The largest absolute Gasteiger partial charge is 0.439 e. The van der Waals surface area contributed by atoms with Crippen molar-refractivity contribution in [1.29, 1.82) is 5.26 Å². The number of nitrogens with one attached hydrogen (secondary N) is 1. The van der Waals surface area contributed by atoms with E-state index in [-0.39, 0.29) is 11.8 Å². The Hall–Kier alpha value is -2.19. The summed E-state index contributed by atoms with van der Waals surface area (Å²) in [7, 11) is 0. The second-order valence-electron chi connectivity index (χ2n) is 4.20. The molecule has 1 aromatic heterocycles. The lowest BCUT2D eigenvalue weighted by molar-refractivity contribution is 0.393. The van der Waals surface area contributed by atoms with Gasteiger partial charge >= 0.3 is 0 Å². The Morgan fingerprint density at radius 1 is 1.32 bits per heavy atom.